The Hall–Kier alpha value is -1.19. The molecular weight excluding hydrogens is 276 g/mol. The Balaban J connectivity index is 1.53. The molecule has 3 heterocycles. The van der Waals surface area contributed by atoms with Gasteiger partial charge in [0.1, 0.15) is 0 Å². The molecule has 3 heteroatoms. The molecule has 2 fully saturated rings. The van der Waals surface area contributed by atoms with Crippen LogP contribution in [-0.2, 0) is 6.42 Å². The molecule has 0 amide bonds. The molecular formula is C18H20N2S. The molecule has 2 aliphatic carbocycles. The molecule has 2 saturated heterocycles. The van der Waals surface area contributed by atoms with Gasteiger partial charge in [-0.25, -0.2) is 4.98 Å². The van der Waals surface area contributed by atoms with Gasteiger partial charge in [0.05, 0.1) is 14.9 Å². The van der Waals surface area contributed by atoms with Gasteiger partial charge in [-0.3, -0.25) is 4.90 Å². The van der Waals surface area contributed by atoms with Crippen molar-refractivity contribution in [3.8, 4) is 0 Å². The van der Waals surface area contributed by atoms with Gasteiger partial charge in [-0.05, 0) is 62.4 Å². The van der Waals surface area contributed by atoms with E-state index in [4.69, 9.17) is 4.98 Å². The molecule has 1 aromatic heterocycles. The van der Waals surface area contributed by atoms with Crippen LogP contribution in [0.5, 0.6) is 0 Å². The summed E-state index contributed by atoms with van der Waals surface area (Å²) in [4.78, 5) is 7.78. The fourth-order valence-corrected chi connectivity index (χ4v) is 5.83. The van der Waals surface area contributed by atoms with Gasteiger partial charge in [-0.15, -0.1) is 11.3 Å². The molecule has 0 saturated carbocycles. The molecule has 0 bridgehead atoms. The highest BCUT2D eigenvalue weighted by molar-refractivity contribution is 7.09. The summed E-state index contributed by atoms with van der Waals surface area (Å²) < 4.78 is 1.40. The monoisotopic (exact) mass is 296 g/mol. The highest BCUT2D eigenvalue weighted by Crippen LogP contribution is 2.41. The third-order valence-electron chi connectivity index (χ3n) is 5.64. The van der Waals surface area contributed by atoms with Crippen LogP contribution >= 0.6 is 11.3 Å². The lowest BCUT2D eigenvalue weighted by Crippen LogP contribution is -2.40. The summed E-state index contributed by atoms with van der Waals surface area (Å²) in [7, 11) is 0. The molecule has 2 nitrogen and oxygen atoms in total. The average molecular weight is 296 g/mol. The molecule has 0 radical (unpaired) electrons. The van der Waals surface area contributed by atoms with Gasteiger partial charge in [0.25, 0.3) is 0 Å². The predicted molar refractivity (Wildman–Crippen MR) is 87.6 cm³/mol. The molecule has 0 atom stereocenters. The molecule has 0 N–H and O–H groups in total. The molecule has 0 aromatic carbocycles. The van der Waals surface area contributed by atoms with E-state index in [0.29, 0.717) is 5.54 Å². The van der Waals surface area contributed by atoms with Crippen molar-refractivity contribution in [2.24, 2.45) is 0 Å². The van der Waals surface area contributed by atoms with E-state index in [1.807, 2.05) is 11.3 Å². The van der Waals surface area contributed by atoms with Crippen LogP contribution in [0.1, 0.15) is 37.1 Å². The molecule has 1 aromatic rings. The predicted octanol–water partition coefficient (Wildman–Crippen LogP) is 2.15. The van der Waals surface area contributed by atoms with Gasteiger partial charge in [0.2, 0.25) is 0 Å². The summed E-state index contributed by atoms with van der Waals surface area (Å²) in [6.45, 7) is 2.62. The number of allylic oxidation sites excluding steroid dienone is 4. The lowest BCUT2D eigenvalue weighted by Gasteiger charge is -2.31. The fourth-order valence-electron chi connectivity index (χ4n) is 4.65. The molecule has 0 spiro atoms. The highest BCUT2D eigenvalue weighted by atomic mass is 32.1. The van der Waals surface area contributed by atoms with Crippen molar-refractivity contribution >= 4 is 23.0 Å². The van der Waals surface area contributed by atoms with Crippen molar-refractivity contribution in [1.82, 2.24) is 9.88 Å². The van der Waals surface area contributed by atoms with Crippen LogP contribution in [0.15, 0.2) is 23.8 Å². The molecule has 2 aliphatic heterocycles. The first kappa shape index (κ1) is 12.4. The molecule has 4 aliphatic rings. The topological polar surface area (TPSA) is 16.1 Å². The van der Waals surface area contributed by atoms with E-state index in [1.165, 1.54) is 71.2 Å². The number of hydrogen-bond donors (Lipinski definition) is 0. The highest BCUT2D eigenvalue weighted by Gasteiger charge is 2.44. The summed E-state index contributed by atoms with van der Waals surface area (Å²) in [5.41, 5.74) is 3.29. The first-order chi connectivity index (χ1) is 10.3. The largest absolute Gasteiger partial charge is 0.297 e. The maximum atomic E-state index is 5.04. The Labute approximate surface area is 129 Å². The Morgan fingerprint density at radius 2 is 2.10 bits per heavy atom. The second kappa shape index (κ2) is 4.40. The van der Waals surface area contributed by atoms with Crippen LogP contribution in [0.25, 0.3) is 11.6 Å². The first-order valence-electron chi connectivity index (χ1n) is 8.17. The van der Waals surface area contributed by atoms with E-state index in [1.54, 1.807) is 0 Å². The zero-order valence-corrected chi connectivity index (χ0v) is 13.1. The van der Waals surface area contributed by atoms with Crippen molar-refractivity contribution in [2.75, 3.05) is 13.1 Å². The third-order valence-corrected chi connectivity index (χ3v) is 6.65. The number of hydrogen-bond acceptors (Lipinski definition) is 3. The van der Waals surface area contributed by atoms with E-state index in [9.17, 15) is 0 Å². The van der Waals surface area contributed by atoms with E-state index >= 15 is 0 Å². The minimum Gasteiger partial charge on any atom is -0.297 e. The van der Waals surface area contributed by atoms with Gasteiger partial charge in [-0.2, -0.15) is 0 Å². The zero-order valence-electron chi connectivity index (χ0n) is 12.3. The molecule has 21 heavy (non-hydrogen) atoms. The summed E-state index contributed by atoms with van der Waals surface area (Å²) in [5, 5.41) is 2.65. The second-order valence-corrected chi connectivity index (χ2v) is 7.91. The van der Waals surface area contributed by atoms with Gasteiger partial charge >= 0.3 is 0 Å². The van der Waals surface area contributed by atoms with Crippen LogP contribution in [0.4, 0.5) is 0 Å². The number of aromatic nitrogens is 1. The third kappa shape index (κ3) is 1.77. The van der Waals surface area contributed by atoms with Crippen LogP contribution in [0.2, 0.25) is 0 Å². The summed E-state index contributed by atoms with van der Waals surface area (Å²) in [5.74, 6) is 0. The minimum absolute atomic E-state index is 0.460. The van der Waals surface area contributed by atoms with Crippen molar-refractivity contribution in [3.63, 3.8) is 0 Å². The van der Waals surface area contributed by atoms with Crippen molar-refractivity contribution < 1.29 is 0 Å². The van der Waals surface area contributed by atoms with E-state index in [0.717, 1.165) is 6.42 Å². The number of rotatable bonds is 2. The maximum absolute atomic E-state index is 5.04. The van der Waals surface area contributed by atoms with Crippen LogP contribution in [0.3, 0.4) is 0 Å². The quantitative estimate of drug-likeness (QED) is 0.831. The standard InChI is InChI=1S/C18H20N2S/c1-2-6-14-13(5-1)11-15-17(14)19-16(21-15)12-18-7-3-9-20(18)10-4-8-18/h1-2,5,11H,3-4,6-10,12H2. The average Bonchev–Trinajstić information content (AvgIpc) is 3.17. The molecule has 0 unspecified atom stereocenters. The van der Waals surface area contributed by atoms with Gasteiger partial charge < -0.3 is 0 Å². The number of nitrogens with zero attached hydrogens (tertiary/aromatic N) is 2. The van der Waals surface area contributed by atoms with Crippen molar-refractivity contribution in [3.05, 3.63) is 38.7 Å². The summed E-state index contributed by atoms with van der Waals surface area (Å²) >= 11 is 1.94. The molecule has 108 valence electrons. The summed E-state index contributed by atoms with van der Waals surface area (Å²) in [6.07, 6.45) is 16.7. The van der Waals surface area contributed by atoms with Gasteiger partial charge in [-0.1, -0.05) is 18.2 Å². The second-order valence-electron chi connectivity index (χ2n) is 6.79. The SMILES string of the molecule is C1=CCC2=c3nc(CC45CCCN4CCC5)sc3=CC2=C1. The van der Waals surface area contributed by atoms with E-state index in [2.05, 4.69) is 29.2 Å². The van der Waals surface area contributed by atoms with Crippen molar-refractivity contribution in [1.29, 1.82) is 0 Å². The number of thiazole rings is 1. The van der Waals surface area contributed by atoms with Gasteiger partial charge in [0, 0.05) is 12.0 Å². The van der Waals surface area contributed by atoms with E-state index < -0.39 is 0 Å². The Morgan fingerprint density at radius 1 is 1.24 bits per heavy atom. The van der Waals surface area contributed by atoms with Crippen LogP contribution in [-0.4, -0.2) is 28.5 Å². The lowest BCUT2D eigenvalue weighted by molar-refractivity contribution is 0.194. The summed E-state index contributed by atoms with van der Waals surface area (Å²) in [6, 6.07) is 0. The van der Waals surface area contributed by atoms with Gasteiger partial charge in [0.15, 0.2) is 0 Å². The normalized spacial score (nSPS) is 25.5. The van der Waals surface area contributed by atoms with E-state index in [-0.39, 0.29) is 0 Å². The lowest BCUT2D eigenvalue weighted by atomic mass is 9.91. The minimum atomic E-state index is 0.460. The maximum Gasteiger partial charge on any atom is 0.0957 e. The Bertz CT molecular complexity index is 771. The molecule has 5 rings (SSSR count). The Morgan fingerprint density at radius 3 is 2.95 bits per heavy atom. The first-order valence-corrected chi connectivity index (χ1v) is 8.99. The number of fused-ring (bicyclic) bond motifs is 3. The smallest absolute Gasteiger partial charge is 0.0957 e. The van der Waals surface area contributed by atoms with Crippen LogP contribution in [0, 0.1) is 0 Å². The van der Waals surface area contributed by atoms with Crippen molar-refractivity contribution in [2.45, 2.75) is 44.1 Å². The zero-order chi connectivity index (χ0) is 13.9. The Kier molecular flexibility index (Phi) is 2.59. The fraction of sp³-hybridized carbons (Fsp3) is 0.500. The van der Waals surface area contributed by atoms with Crippen LogP contribution < -0.4 is 9.88 Å².